The van der Waals surface area contributed by atoms with Crippen LogP contribution in [0.3, 0.4) is 0 Å². The van der Waals surface area contributed by atoms with Crippen LogP contribution in [0.25, 0.3) is 10.9 Å². The average Bonchev–Trinajstić information content (AvgIpc) is 2.84. The van der Waals surface area contributed by atoms with Gasteiger partial charge < -0.3 is 4.98 Å². The van der Waals surface area contributed by atoms with Crippen molar-refractivity contribution < 1.29 is 4.79 Å². The molecule has 0 spiro atoms. The van der Waals surface area contributed by atoms with Crippen LogP contribution in [0.4, 0.5) is 0 Å². The van der Waals surface area contributed by atoms with Crippen LogP contribution < -0.4 is 0 Å². The molecular weight excluding hydrogens is 314 g/mol. The zero-order valence-electron chi connectivity index (χ0n) is 11.3. The van der Waals surface area contributed by atoms with Crippen molar-refractivity contribution in [3.63, 3.8) is 0 Å². The number of halogens is 1. The number of rotatable bonds is 2. The van der Waals surface area contributed by atoms with Gasteiger partial charge in [-0.2, -0.15) is 0 Å². The van der Waals surface area contributed by atoms with Gasteiger partial charge in [0.05, 0.1) is 0 Å². The molecule has 0 saturated heterocycles. The van der Waals surface area contributed by atoms with Gasteiger partial charge in [-0.3, -0.25) is 4.79 Å². The molecule has 20 heavy (non-hydrogen) atoms. The summed E-state index contributed by atoms with van der Waals surface area (Å²) in [6.45, 7) is 4.02. The predicted molar refractivity (Wildman–Crippen MR) is 85.3 cm³/mol. The molecule has 0 amide bonds. The van der Waals surface area contributed by atoms with E-state index < -0.39 is 0 Å². The van der Waals surface area contributed by atoms with Crippen molar-refractivity contribution in [1.29, 1.82) is 0 Å². The van der Waals surface area contributed by atoms with E-state index in [2.05, 4.69) is 20.9 Å². The number of aryl methyl sites for hydroxylation is 1. The van der Waals surface area contributed by atoms with Crippen molar-refractivity contribution in [3.05, 3.63) is 69.3 Å². The van der Waals surface area contributed by atoms with E-state index in [-0.39, 0.29) is 5.78 Å². The Kier molecular flexibility index (Phi) is 3.22. The van der Waals surface area contributed by atoms with Gasteiger partial charge in [-0.1, -0.05) is 40.2 Å². The second kappa shape index (κ2) is 4.91. The Hall–Kier alpha value is -1.87. The molecule has 0 aliphatic heterocycles. The Balaban J connectivity index is 2.16. The van der Waals surface area contributed by atoms with Crippen LogP contribution in [0.15, 0.2) is 47.1 Å². The van der Waals surface area contributed by atoms with Crippen molar-refractivity contribution in [2.45, 2.75) is 13.8 Å². The highest BCUT2D eigenvalue weighted by Gasteiger charge is 2.16. The lowest BCUT2D eigenvalue weighted by molar-refractivity contribution is 0.103. The van der Waals surface area contributed by atoms with Crippen LogP contribution >= 0.6 is 15.9 Å². The van der Waals surface area contributed by atoms with E-state index in [0.29, 0.717) is 0 Å². The first-order chi connectivity index (χ1) is 9.58. The molecule has 1 N–H and O–H groups in total. The van der Waals surface area contributed by atoms with Crippen LogP contribution in [0.2, 0.25) is 0 Å². The first-order valence-corrected chi connectivity index (χ1v) is 7.25. The number of aromatic amines is 1. The molecule has 0 atom stereocenters. The lowest BCUT2D eigenvalue weighted by Gasteiger charge is -2.07. The topological polar surface area (TPSA) is 32.9 Å². The lowest BCUT2D eigenvalue weighted by atomic mass is 9.96. The molecule has 1 aromatic heterocycles. The summed E-state index contributed by atoms with van der Waals surface area (Å²) in [5, 5.41) is 0.958. The Morgan fingerprint density at radius 3 is 2.70 bits per heavy atom. The van der Waals surface area contributed by atoms with Gasteiger partial charge in [-0.05, 0) is 37.1 Å². The van der Waals surface area contributed by atoms with Crippen LogP contribution in [-0.2, 0) is 0 Å². The Morgan fingerprint density at radius 2 is 1.90 bits per heavy atom. The van der Waals surface area contributed by atoms with E-state index >= 15 is 0 Å². The molecule has 0 aliphatic rings. The van der Waals surface area contributed by atoms with Gasteiger partial charge in [-0.25, -0.2) is 0 Å². The van der Waals surface area contributed by atoms with E-state index in [1.807, 2.05) is 50.2 Å². The quantitative estimate of drug-likeness (QED) is 0.675. The third-order valence-electron chi connectivity index (χ3n) is 3.74. The van der Waals surface area contributed by atoms with E-state index in [9.17, 15) is 4.79 Å². The van der Waals surface area contributed by atoms with Gasteiger partial charge in [0.2, 0.25) is 0 Å². The van der Waals surface area contributed by atoms with Crippen molar-refractivity contribution in [1.82, 2.24) is 4.98 Å². The maximum Gasteiger partial charge on any atom is 0.195 e. The van der Waals surface area contributed by atoms with Crippen molar-refractivity contribution >= 4 is 32.6 Å². The summed E-state index contributed by atoms with van der Waals surface area (Å²) >= 11 is 3.44. The van der Waals surface area contributed by atoms with Gasteiger partial charge in [0, 0.05) is 32.7 Å². The maximum atomic E-state index is 12.7. The minimum Gasteiger partial charge on any atom is -0.360 e. The summed E-state index contributed by atoms with van der Waals surface area (Å²) in [4.78, 5) is 15.9. The highest BCUT2D eigenvalue weighted by Crippen LogP contribution is 2.25. The third kappa shape index (κ3) is 2.08. The van der Waals surface area contributed by atoms with E-state index in [1.165, 1.54) is 0 Å². The van der Waals surface area contributed by atoms with E-state index in [1.54, 1.807) is 6.20 Å². The van der Waals surface area contributed by atoms with Crippen LogP contribution in [0.5, 0.6) is 0 Å². The zero-order valence-corrected chi connectivity index (χ0v) is 12.9. The first-order valence-electron chi connectivity index (χ1n) is 6.45. The first kappa shape index (κ1) is 13.1. The molecule has 0 bridgehead atoms. The number of carbonyl (C=O) groups excluding carboxylic acids is 1. The molecule has 3 rings (SSSR count). The lowest BCUT2D eigenvalue weighted by Crippen LogP contribution is -2.04. The van der Waals surface area contributed by atoms with Gasteiger partial charge in [0.15, 0.2) is 5.78 Å². The summed E-state index contributed by atoms with van der Waals surface area (Å²) in [7, 11) is 0. The fourth-order valence-corrected chi connectivity index (χ4v) is 2.79. The maximum absolute atomic E-state index is 12.7. The monoisotopic (exact) mass is 327 g/mol. The third-order valence-corrected chi connectivity index (χ3v) is 4.23. The summed E-state index contributed by atoms with van der Waals surface area (Å²) in [6.07, 6.45) is 1.79. The highest BCUT2D eigenvalue weighted by molar-refractivity contribution is 9.10. The molecule has 3 aromatic rings. The summed E-state index contributed by atoms with van der Waals surface area (Å²) in [5.74, 6) is 0.0692. The molecule has 0 saturated carbocycles. The molecule has 0 aliphatic carbocycles. The molecule has 0 unspecified atom stereocenters. The molecule has 1 heterocycles. The average molecular weight is 328 g/mol. The second-order valence-corrected chi connectivity index (χ2v) is 5.88. The summed E-state index contributed by atoms with van der Waals surface area (Å²) in [5.41, 5.74) is 4.64. The number of hydrogen-bond acceptors (Lipinski definition) is 1. The van der Waals surface area contributed by atoms with Crippen LogP contribution in [-0.4, -0.2) is 10.8 Å². The molecular formula is C17H14BrNO. The number of benzene rings is 2. The van der Waals surface area contributed by atoms with Gasteiger partial charge in [0.25, 0.3) is 0 Å². The normalized spacial score (nSPS) is 10.9. The smallest absolute Gasteiger partial charge is 0.195 e. The Labute approximate surface area is 126 Å². The minimum atomic E-state index is 0.0692. The molecule has 0 radical (unpaired) electrons. The molecule has 0 fully saturated rings. The number of carbonyl (C=O) groups is 1. The largest absolute Gasteiger partial charge is 0.360 e. The van der Waals surface area contributed by atoms with E-state index in [0.717, 1.165) is 37.6 Å². The second-order valence-electron chi connectivity index (χ2n) is 4.97. The number of fused-ring (bicyclic) bond motifs is 1. The molecule has 2 nitrogen and oxygen atoms in total. The zero-order chi connectivity index (χ0) is 14.3. The SMILES string of the molecule is Cc1cccc(C(=O)c2c[nH]c3cc(Br)ccc23)c1C. The standard InChI is InChI=1S/C17H14BrNO/c1-10-4-3-5-13(11(10)2)17(20)15-9-19-16-8-12(18)6-7-14(15)16/h3-9,19H,1-2H3. The molecule has 3 heteroatoms. The fraction of sp³-hybridized carbons (Fsp3) is 0.118. The predicted octanol–water partition coefficient (Wildman–Crippen LogP) is 4.78. The number of aromatic nitrogens is 1. The number of H-pyrrole nitrogens is 1. The van der Waals surface area contributed by atoms with Crippen molar-refractivity contribution in [2.24, 2.45) is 0 Å². The number of ketones is 1. The van der Waals surface area contributed by atoms with E-state index in [4.69, 9.17) is 0 Å². The summed E-state index contributed by atoms with van der Waals surface area (Å²) < 4.78 is 0.998. The van der Waals surface area contributed by atoms with Gasteiger partial charge in [-0.15, -0.1) is 0 Å². The minimum absolute atomic E-state index is 0.0692. The fourth-order valence-electron chi connectivity index (χ4n) is 2.43. The number of hydrogen-bond donors (Lipinski definition) is 1. The van der Waals surface area contributed by atoms with Crippen molar-refractivity contribution in [2.75, 3.05) is 0 Å². The Morgan fingerprint density at radius 1 is 1.10 bits per heavy atom. The van der Waals surface area contributed by atoms with Crippen LogP contribution in [0, 0.1) is 13.8 Å². The molecule has 2 aromatic carbocycles. The van der Waals surface area contributed by atoms with Crippen LogP contribution in [0.1, 0.15) is 27.0 Å². The number of nitrogens with one attached hydrogen (secondary N) is 1. The molecule has 100 valence electrons. The van der Waals surface area contributed by atoms with Crippen molar-refractivity contribution in [3.8, 4) is 0 Å². The Bertz CT molecular complexity index is 817. The highest BCUT2D eigenvalue weighted by atomic mass is 79.9. The van der Waals surface area contributed by atoms with Gasteiger partial charge >= 0.3 is 0 Å². The summed E-state index contributed by atoms with van der Waals surface area (Å²) in [6, 6.07) is 11.8. The van der Waals surface area contributed by atoms with Gasteiger partial charge in [0.1, 0.15) is 0 Å².